The minimum Gasteiger partial charge on any atom is -0.480 e. The van der Waals surface area contributed by atoms with Crippen molar-refractivity contribution in [2.75, 3.05) is 40.8 Å². The monoisotopic (exact) mass is 591 g/mol. The number of aliphatic carboxylic acids is 1. The molecule has 15 heteroatoms. The molecule has 0 saturated heterocycles. The first-order valence-electron chi connectivity index (χ1n) is 13.5. The third-order valence-corrected chi connectivity index (χ3v) is 6.79. The maximum absolute atomic E-state index is 12.4. The van der Waals surface area contributed by atoms with Crippen LogP contribution in [0.25, 0.3) is 10.9 Å². The number of benzene rings is 1. The van der Waals surface area contributed by atoms with Crippen LogP contribution in [0.3, 0.4) is 0 Å². The highest BCUT2D eigenvalue weighted by atomic mass is 16.4. The number of nitrogens with one attached hydrogen (secondary N) is 4. The van der Waals surface area contributed by atoms with Gasteiger partial charge in [0.15, 0.2) is 12.2 Å². The third kappa shape index (κ3) is 9.80. The highest BCUT2D eigenvalue weighted by Gasteiger charge is 2.30. The van der Waals surface area contributed by atoms with E-state index in [4.69, 9.17) is 5.11 Å². The molecule has 0 spiro atoms. The summed E-state index contributed by atoms with van der Waals surface area (Å²) in [6.07, 6.45) is -4.23. The van der Waals surface area contributed by atoms with Crippen LogP contribution in [0.2, 0.25) is 0 Å². The fourth-order valence-electron chi connectivity index (χ4n) is 4.02. The Kier molecular flexibility index (Phi) is 13.3. The second-order valence-corrected chi connectivity index (χ2v) is 9.77. The van der Waals surface area contributed by atoms with Crippen LogP contribution < -0.4 is 21.4 Å². The van der Waals surface area contributed by atoms with Gasteiger partial charge in [-0.1, -0.05) is 18.2 Å². The van der Waals surface area contributed by atoms with Crippen molar-refractivity contribution in [2.24, 2.45) is 0 Å². The molecule has 1 aromatic heterocycles. The molecule has 0 saturated carbocycles. The maximum Gasteiger partial charge on any atom is 0.326 e. The molecule has 0 bridgehead atoms. The van der Waals surface area contributed by atoms with E-state index in [1.54, 1.807) is 0 Å². The molecule has 0 aliphatic rings. The Balaban J connectivity index is 1.73. The highest BCUT2D eigenvalue weighted by Crippen LogP contribution is 2.21. The molecule has 0 radical (unpaired) electrons. The molecule has 2 rings (SSSR count). The van der Waals surface area contributed by atoms with Gasteiger partial charge in [0, 0.05) is 64.3 Å². The molecular formula is C27H41N7O8. The zero-order valence-corrected chi connectivity index (χ0v) is 24.3. The van der Waals surface area contributed by atoms with Gasteiger partial charge in [-0.2, -0.15) is 0 Å². The number of aryl methyl sites for hydroxylation is 1. The number of carbonyl (C=O) groups excluding carboxylic acids is 4. The molecule has 3 atom stereocenters. The first-order chi connectivity index (χ1) is 19.9. The molecule has 3 unspecified atom stereocenters. The molecule has 1 aromatic carbocycles. The molecule has 0 fully saturated rings. The topological polar surface area (TPSA) is 206 Å². The van der Waals surface area contributed by atoms with Crippen molar-refractivity contribution >= 4 is 40.5 Å². The Hall–Kier alpha value is -4.05. The molecule has 1 heterocycles. The summed E-state index contributed by atoms with van der Waals surface area (Å²) >= 11 is 0. The van der Waals surface area contributed by atoms with Crippen molar-refractivity contribution < 1.29 is 39.3 Å². The summed E-state index contributed by atoms with van der Waals surface area (Å²) in [5.41, 5.74) is 5.11. The summed E-state index contributed by atoms with van der Waals surface area (Å²) < 4.78 is 2.08. The summed E-state index contributed by atoms with van der Waals surface area (Å²) in [5, 5.41) is 39.2. The lowest BCUT2D eigenvalue weighted by molar-refractivity contribution is -0.148. The second kappa shape index (κ2) is 16.4. The SMILES string of the molecule is CNN(C)Cc1cc2ccccc2n1CCC(=O)NCCNC(=O)C(O)C(O)C(=O)NCCC(=O)N(C)C(C)C(=O)O. The summed E-state index contributed by atoms with van der Waals surface area (Å²) in [7, 11) is 5.05. The number of aliphatic hydroxyl groups is 2. The molecule has 42 heavy (non-hydrogen) atoms. The van der Waals surface area contributed by atoms with Crippen molar-refractivity contribution in [3.63, 3.8) is 0 Å². The number of hydrazine groups is 1. The molecule has 232 valence electrons. The van der Waals surface area contributed by atoms with E-state index in [1.165, 1.54) is 14.0 Å². The van der Waals surface area contributed by atoms with Crippen LogP contribution in [-0.2, 0) is 37.1 Å². The average Bonchev–Trinajstić information content (AvgIpc) is 3.32. The Labute approximate surface area is 243 Å². The molecule has 15 nitrogen and oxygen atoms in total. The Morgan fingerprint density at radius 3 is 2.12 bits per heavy atom. The predicted molar refractivity (Wildman–Crippen MR) is 153 cm³/mol. The summed E-state index contributed by atoms with van der Waals surface area (Å²) in [6, 6.07) is 8.92. The Morgan fingerprint density at radius 2 is 1.50 bits per heavy atom. The fourth-order valence-corrected chi connectivity index (χ4v) is 4.02. The van der Waals surface area contributed by atoms with Crippen molar-refractivity contribution in [1.82, 2.24) is 35.9 Å². The number of para-hydroxylation sites is 1. The number of likely N-dealkylation sites (N-methyl/N-ethyl adjacent to an activating group) is 1. The maximum atomic E-state index is 12.4. The van der Waals surface area contributed by atoms with E-state index in [2.05, 4.69) is 32.0 Å². The minimum atomic E-state index is -2.10. The van der Waals surface area contributed by atoms with Gasteiger partial charge in [-0.15, -0.1) is 0 Å². The molecular weight excluding hydrogens is 550 g/mol. The third-order valence-electron chi connectivity index (χ3n) is 6.79. The molecule has 7 N–H and O–H groups in total. The number of carbonyl (C=O) groups is 5. The van der Waals surface area contributed by atoms with Crippen LogP contribution in [0, 0.1) is 0 Å². The number of hydrogen-bond donors (Lipinski definition) is 7. The number of aromatic nitrogens is 1. The van der Waals surface area contributed by atoms with Crippen molar-refractivity contribution in [3.05, 3.63) is 36.0 Å². The predicted octanol–water partition coefficient (Wildman–Crippen LogP) is -2.01. The van der Waals surface area contributed by atoms with Gasteiger partial charge in [0.2, 0.25) is 11.8 Å². The highest BCUT2D eigenvalue weighted by molar-refractivity contribution is 5.91. The Bertz CT molecular complexity index is 1250. The van der Waals surface area contributed by atoms with Gasteiger partial charge in [-0.3, -0.25) is 24.6 Å². The number of amides is 4. The molecule has 2 aromatic rings. The average molecular weight is 592 g/mol. The van der Waals surface area contributed by atoms with Gasteiger partial charge in [-0.25, -0.2) is 9.80 Å². The molecule has 0 aliphatic carbocycles. The van der Waals surface area contributed by atoms with Crippen molar-refractivity contribution in [2.45, 2.75) is 51.1 Å². The van der Waals surface area contributed by atoms with E-state index in [9.17, 15) is 34.2 Å². The lowest BCUT2D eigenvalue weighted by Gasteiger charge is -2.22. The zero-order valence-electron chi connectivity index (χ0n) is 24.3. The van der Waals surface area contributed by atoms with E-state index in [-0.39, 0.29) is 38.4 Å². The van der Waals surface area contributed by atoms with E-state index in [0.717, 1.165) is 21.5 Å². The van der Waals surface area contributed by atoms with Gasteiger partial charge in [0.25, 0.3) is 11.8 Å². The number of aliphatic hydroxyl groups excluding tert-OH is 2. The number of rotatable bonds is 17. The van der Waals surface area contributed by atoms with Crippen LogP contribution in [0.4, 0.5) is 0 Å². The van der Waals surface area contributed by atoms with E-state index in [1.807, 2.05) is 43.4 Å². The summed E-state index contributed by atoms with van der Waals surface area (Å²) in [6.45, 7) is 2.17. The molecule has 0 aliphatic heterocycles. The Morgan fingerprint density at radius 1 is 0.905 bits per heavy atom. The van der Waals surface area contributed by atoms with Crippen LogP contribution in [0.1, 0.15) is 25.5 Å². The summed E-state index contributed by atoms with van der Waals surface area (Å²) in [4.78, 5) is 60.6. The van der Waals surface area contributed by atoms with Crippen LogP contribution in [0.15, 0.2) is 30.3 Å². The first-order valence-corrected chi connectivity index (χ1v) is 13.5. The quantitative estimate of drug-likeness (QED) is 0.0795. The summed E-state index contributed by atoms with van der Waals surface area (Å²) in [5.74, 6) is -4.08. The number of hydrogen-bond acceptors (Lipinski definition) is 9. The minimum absolute atomic E-state index is 0.0523. The van der Waals surface area contributed by atoms with Crippen molar-refractivity contribution in [3.8, 4) is 0 Å². The van der Waals surface area contributed by atoms with Gasteiger partial charge < -0.3 is 40.7 Å². The van der Waals surface area contributed by atoms with Gasteiger partial charge in [-0.05, 0) is 31.5 Å². The van der Waals surface area contributed by atoms with Crippen LogP contribution in [-0.4, -0.2) is 118 Å². The van der Waals surface area contributed by atoms with Crippen LogP contribution in [0.5, 0.6) is 0 Å². The van der Waals surface area contributed by atoms with Crippen molar-refractivity contribution in [1.29, 1.82) is 0 Å². The van der Waals surface area contributed by atoms with E-state index >= 15 is 0 Å². The fraction of sp³-hybridized carbons (Fsp3) is 0.519. The number of carboxylic acids is 1. The number of fused-ring (bicyclic) bond motifs is 1. The van der Waals surface area contributed by atoms with Crippen LogP contribution >= 0.6 is 0 Å². The smallest absolute Gasteiger partial charge is 0.326 e. The van der Waals surface area contributed by atoms with E-state index < -0.39 is 41.9 Å². The first kappa shape index (κ1) is 34.2. The van der Waals surface area contributed by atoms with Gasteiger partial charge in [0.05, 0.1) is 6.54 Å². The van der Waals surface area contributed by atoms with Gasteiger partial charge >= 0.3 is 5.97 Å². The molecule has 4 amide bonds. The number of carboxylic acid groups (broad SMARTS) is 1. The lowest BCUT2D eigenvalue weighted by Crippen LogP contribution is -2.51. The second-order valence-electron chi connectivity index (χ2n) is 9.77. The zero-order chi connectivity index (χ0) is 31.4. The lowest BCUT2D eigenvalue weighted by atomic mass is 10.1. The standard InChI is InChI=1S/C27H41N7O8/c1-17(27(41)42)33(4)22(36)9-11-30-25(39)23(37)24(38)26(40)31-13-12-29-21(35)10-14-34-19(16-32(3)28-2)15-18-7-5-6-8-20(18)34/h5-8,15,17,23-24,28,37-38H,9-14,16H2,1-4H3,(H,29,35)(H,30,39)(H,31,40)(H,41,42). The number of nitrogens with zero attached hydrogens (tertiary/aromatic N) is 3. The largest absolute Gasteiger partial charge is 0.480 e. The van der Waals surface area contributed by atoms with E-state index in [0.29, 0.717) is 13.1 Å². The van der Waals surface area contributed by atoms with Gasteiger partial charge in [0.1, 0.15) is 6.04 Å². The normalized spacial score (nSPS) is 13.3.